The Morgan fingerprint density at radius 3 is 2.81 bits per heavy atom. The fourth-order valence-corrected chi connectivity index (χ4v) is 1.40. The second-order valence-electron chi connectivity index (χ2n) is 3.64. The highest BCUT2D eigenvalue weighted by atomic mass is 16.7. The normalized spacial score (nSPS) is 20.9. The first kappa shape index (κ1) is 12.7. The molecule has 5 nitrogen and oxygen atoms in total. The zero-order valence-electron chi connectivity index (χ0n) is 9.49. The van der Waals surface area contributed by atoms with Crippen molar-refractivity contribution in [3.63, 3.8) is 0 Å². The molecule has 1 unspecified atom stereocenters. The molecule has 0 bridgehead atoms. The van der Waals surface area contributed by atoms with Crippen LogP contribution in [0.4, 0.5) is 0 Å². The lowest BCUT2D eigenvalue weighted by atomic mass is 10.1. The number of unbranched alkanes of at least 4 members (excludes halogenated alkanes) is 1. The lowest BCUT2D eigenvalue weighted by Gasteiger charge is -2.23. The van der Waals surface area contributed by atoms with E-state index < -0.39 is 18.0 Å². The highest BCUT2D eigenvalue weighted by Crippen LogP contribution is 2.21. The van der Waals surface area contributed by atoms with E-state index in [1.54, 1.807) is 0 Å². The average Bonchev–Trinajstić information content (AvgIpc) is 2.16. The first-order valence-electron chi connectivity index (χ1n) is 5.31. The van der Waals surface area contributed by atoms with Crippen LogP contribution in [0.5, 0.6) is 0 Å². The maximum absolute atomic E-state index is 11.3. The predicted octanol–water partition coefficient (Wildman–Crippen LogP) is 1.48. The third-order valence-electron chi connectivity index (χ3n) is 2.24. The van der Waals surface area contributed by atoms with Gasteiger partial charge >= 0.3 is 5.97 Å². The molecule has 1 heterocycles. The van der Waals surface area contributed by atoms with Crippen LogP contribution in [0.25, 0.3) is 0 Å². The van der Waals surface area contributed by atoms with Crippen molar-refractivity contribution in [1.82, 2.24) is 0 Å². The van der Waals surface area contributed by atoms with E-state index in [1.165, 1.54) is 6.92 Å². The van der Waals surface area contributed by atoms with Gasteiger partial charge in [-0.05, 0) is 13.3 Å². The summed E-state index contributed by atoms with van der Waals surface area (Å²) in [7, 11) is 0. The monoisotopic (exact) mass is 228 g/mol. The molecule has 1 rings (SSSR count). The van der Waals surface area contributed by atoms with Crippen LogP contribution in [0.3, 0.4) is 0 Å². The van der Waals surface area contributed by atoms with Crippen molar-refractivity contribution in [2.24, 2.45) is 0 Å². The summed E-state index contributed by atoms with van der Waals surface area (Å²) in [6, 6.07) is 0. The maximum atomic E-state index is 11.3. The summed E-state index contributed by atoms with van der Waals surface area (Å²) in [5, 5.41) is 9.51. The van der Waals surface area contributed by atoms with Crippen LogP contribution < -0.4 is 0 Å². The largest absolute Gasteiger partial charge is 0.511 e. The minimum atomic E-state index is -0.808. The van der Waals surface area contributed by atoms with Crippen LogP contribution in [0, 0.1) is 0 Å². The van der Waals surface area contributed by atoms with Gasteiger partial charge in [-0.2, -0.15) is 0 Å². The summed E-state index contributed by atoms with van der Waals surface area (Å²) < 4.78 is 10.1. The third kappa shape index (κ3) is 3.06. The number of hydrogen-bond donors (Lipinski definition) is 1. The summed E-state index contributed by atoms with van der Waals surface area (Å²) in [5.41, 5.74) is -0.268. The molecule has 0 amide bonds. The number of cyclic esters (lactones) is 1. The van der Waals surface area contributed by atoms with E-state index in [0.717, 1.165) is 12.8 Å². The van der Waals surface area contributed by atoms with Crippen molar-refractivity contribution >= 4 is 11.8 Å². The van der Waals surface area contributed by atoms with Crippen LogP contribution in [-0.2, 0) is 19.1 Å². The summed E-state index contributed by atoms with van der Waals surface area (Å²) in [4.78, 5) is 22.4. The molecule has 0 aromatic rings. The molecule has 0 saturated carbocycles. The summed E-state index contributed by atoms with van der Waals surface area (Å²) in [6.07, 6.45) is 1.10. The highest BCUT2D eigenvalue weighted by molar-refractivity contribution is 6.17. The van der Waals surface area contributed by atoms with Gasteiger partial charge in [-0.1, -0.05) is 13.3 Å². The zero-order chi connectivity index (χ0) is 12.1. The molecule has 90 valence electrons. The van der Waals surface area contributed by atoms with Crippen molar-refractivity contribution < 1.29 is 24.2 Å². The molecule has 1 aliphatic rings. The molecule has 0 radical (unpaired) electrons. The molecule has 1 aliphatic heterocycles. The average molecular weight is 228 g/mol. The molecular weight excluding hydrogens is 212 g/mol. The van der Waals surface area contributed by atoms with Gasteiger partial charge in [0.25, 0.3) is 0 Å². The molecule has 0 saturated heterocycles. The van der Waals surface area contributed by atoms with E-state index in [9.17, 15) is 14.7 Å². The van der Waals surface area contributed by atoms with Gasteiger partial charge in [-0.3, -0.25) is 4.79 Å². The minimum Gasteiger partial charge on any atom is -0.511 e. The molecule has 0 aromatic carbocycles. The topological polar surface area (TPSA) is 72.8 Å². The number of esters is 1. The Bertz CT molecular complexity index is 318. The summed E-state index contributed by atoms with van der Waals surface area (Å²) in [6.45, 7) is 3.70. The van der Waals surface area contributed by atoms with Crippen molar-refractivity contribution in [1.29, 1.82) is 0 Å². The molecule has 0 aromatic heterocycles. The van der Waals surface area contributed by atoms with Gasteiger partial charge in [-0.25, -0.2) is 4.79 Å². The number of aliphatic hydroxyl groups excluding tert-OH is 1. The molecular formula is C11H16O5. The molecule has 1 atom stereocenters. The molecule has 16 heavy (non-hydrogen) atoms. The minimum absolute atomic E-state index is 0.0460. The number of Topliss-reactive ketones (excluding diaryl/α,β-unsaturated/α-hetero) is 1. The predicted molar refractivity (Wildman–Crippen MR) is 55.7 cm³/mol. The summed E-state index contributed by atoms with van der Waals surface area (Å²) in [5.74, 6) is -1.54. The van der Waals surface area contributed by atoms with Gasteiger partial charge in [0.05, 0.1) is 13.0 Å². The number of hydrogen-bond acceptors (Lipinski definition) is 5. The Morgan fingerprint density at radius 2 is 2.31 bits per heavy atom. The van der Waals surface area contributed by atoms with Crippen LogP contribution in [0.15, 0.2) is 11.3 Å². The van der Waals surface area contributed by atoms with Crippen molar-refractivity contribution in [2.45, 2.75) is 39.4 Å². The quantitative estimate of drug-likeness (QED) is 0.438. The lowest BCUT2D eigenvalue weighted by molar-refractivity contribution is -0.179. The molecule has 5 heteroatoms. The highest BCUT2D eigenvalue weighted by Gasteiger charge is 2.31. The van der Waals surface area contributed by atoms with Gasteiger partial charge in [0, 0.05) is 0 Å². The standard InChI is InChI=1S/C11H16O5/c1-3-4-5-15-9-6-8(13)10(7(2)12)11(14)16-9/h9,13H,3-6H2,1-2H3. The summed E-state index contributed by atoms with van der Waals surface area (Å²) >= 11 is 0. The fourth-order valence-electron chi connectivity index (χ4n) is 1.40. The van der Waals surface area contributed by atoms with E-state index in [4.69, 9.17) is 9.47 Å². The van der Waals surface area contributed by atoms with E-state index in [1.807, 2.05) is 6.92 Å². The number of ether oxygens (including phenoxy) is 2. The third-order valence-corrected chi connectivity index (χ3v) is 2.24. The SMILES string of the molecule is CCCCOC1CC(O)=C(C(C)=O)C(=O)O1. The Balaban J connectivity index is 2.60. The van der Waals surface area contributed by atoms with Gasteiger partial charge in [0.15, 0.2) is 5.78 Å². The number of carbonyl (C=O) groups excluding carboxylic acids is 2. The van der Waals surface area contributed by atoms with Crippen LogP contribution in [0.2, 0.25) is 0 Å². The first-order chi connectivity index (χ1) is 7.56. The van der Waals surface area contributed by atoms with Crippen LogP contribution >= 0.6 is 0 Å². The van der Waals surface area contributed by atoms with E-state index in [-0.39, 0.29) is 17.8 Å². The number of rotatable bonds is 5. The molecule has 0 aliphatic carbocycles. The van der Waals surface area contributed by atoms with Gasteiger partial charge in [0.1, 0.15) is 11.3 Å². The Labute approximate surface area is 94.0 Å². The van der Waals surface area contributed by atoms with Crippen molar-refractivity contribution in [2.75, 3.05) is 6.61 Å². The Kier molecular flexibility index (Phi) is 4.49. The van der Waals surface area contributed by atoms with Crippen LogP contribution in [0.1, 0.15) is 33.1 Å². The zero-order valence-corrected chi connectivity index (χ0v) is 9.49. The Hall–Kier alpha value is -1.36. The van der Waals surface area contributed by atoms with Crippen molar-refractivity contribution in [3.05, 3.63) is 11.3 Å². The first-order valence-corrected chi connectivity index (χ1v) is 5.31. The maximum Gasteiger partial charge on any atom is 0.347 e. The second kappa shape index (κ2) is 5.65. The number of carbonyl (C=O) groups is 2. The molecule has 0 fully saturated rings. The number of ketones is 1. The number of aliphatic hydroxyl groups is 1. The smallest absolute Gasteiger partial charge is 0.347 e. The van der Waals surface area contributed by atoms with E-state index >= 15 is 0 Å². The van der Waals surface area contributed by atoms with Gasteiger partial charge in [0.2, 0.25) is 6.29 Å². The lowest BCUT2D eigenvalue weighted by Crippen LogP contribution is -2.31. The van der Waals surface area contributed by atoms with E-state index in [0.29, 0.717) is 6.61 Å². The Morgan fingerprint density at radius 1 is 1.62 bits per heavy atom. The fraction of sp³-hybridized carbons (Fsp3) is 0.636. The second-order valence-corrected chi connectivity index (χ2v) is 3.64. The van der Waals surface area contributed by atoms with Crippen LogP contribution in [-0.4, -0.2) is 29.8 Å². The molecule has 1 N–H and O–H groups in total. The molecule has 0 spiro atoms. The van der Waals surface area contributed by atoms with Gasteiger partial charge < -0.3 is 14.6 Å². The van der Waals surface area contributed by atoms with Crippen molar-refractivity contribution in [3.8, 4) is 0 Å². The van der Waals surface area contributed by atoms with Gasteiger partial charge in [-0.15, -0.1) is 0 Å². The van der Waals surface area contributed by atoms with E-state index in [2.05, 4.69) is 0 Å².